The quantitative estimate of drug-likeness (QED) is 0.840. The number of nitrogens with zero attached hydrogens (tertiary/aromatic N) is 2. The number of nitrogens with one attached hydrogen (secondary N) is 2. The van der Waals surface area contributed by atoms with Crippen molar-refractivity contribution < 1.29 is 8.42 Å². The van der Waals surface area contributed by atoms with Crippen LogP contribution < -0.4 is 10.0 Å². The minimum Gasteiger partial charge on any atom is -0.316 e. The Kier molecular flexibility index (Phi) is 3.98. The van der Waals surface area contributed by atoms with E-state index in [9.17, 15) is 8.42 Å². The van der Waals surface area contributed by atoms with Crippen LogP contribution in [0.2, 0.25) is 0 Å². The predicted octanol–water partition coefficient (Wildman–Crippen LogP) is 0.397. The molecule has 1 saturated heterocycles. The molecule has 108 valence electrons. The van der Waals surface area contributed by atoms with Gasteiger partial charge in [0.2, 0.25) is 10.0 Å². The van der Waals surface area contributed by atoms with Crippen LogP contribution in [-0.4, -0.2) is 37.8 Å². The molecule has 1 aromatic heterocycles. The first-order valence-electron chi connectivity index (χ1n) is 6.53. The molecule has 1 unspecified atom stereocenters. The summed E-state index contributed by atoms with van der Waals surface area (Å²) >= 11 is 0. The summed E-state index contributed by atoms with van der Waals surface area (Å²) in [6.45, 7) is 6.19. The molecule has 0 aromatic carbocycles. The van der Waals surface area contributed by atoms with Crippen molar-refractivity contribution in [3.05, 3.63) is 11.9 Å². The largest absolute Gasteiger partial charge is 0.316 e. The Morgan fingerprint density at radius 2 is 2.32 bits per heavy atom. The van der Waals surface area contributed by atoms with Crippen LogP contribution in [0.3, 0.4) is 0 Å². The third-order valence-corrected chi connectivity index (χ3v) is 5.36. The zero-order valence-corrected chi connectivity index (χ0v) is 12.5. The SMILES string of the molecule is Cc1c(S(=O)(=O)NCC2(C)CCCNC2)cnn1C. The molecule has 19 heavy (non-hydrogen) atoms. The molecule has 1 aromatic rings. The highest BCUT2D eigenvalue weighted by Crippen LogP contribution is 2.25. The van der Waals surface area contributed by atoms with Crippen molar-refractivity contribution >= 4 is 10.0 Å². The average Bonchev–Trinajstić information content (AvgIpc) is 2.70. The third kappa shape index (κ3) is 3.16. The molecule has 0 spiro atoms. The van der Waals surface area contributed by atoms with Crippen molar-refractivity contribution in [1.29, 1.82) is 0 Å². The summed E-state index contributed by atoms with van der Waals surface area (Å²) in [5.41, 5.74) is 0.640. The van der Waals surface area contributed by atoms with Crippen molar-refractivity contribution in [2.45, 2.75) is 31.6 Å². The summed E-state index contributed by atoms with van der Waals surface area (Å²) in [4.78, 5) is 0.266. The summed E-state index contributed by atoms with van der Waals surface area (Å²) in [5.74, 6) is 0. The van der Waals surface area contributed by atoms with Gasteiger partial charge in [-0.3, -0.25) is 4.68 Å². The average molecular weight is 286 g/mol. The molecule has 1 aliphatic rings. The predicted molar refractivity (Wildman–Crippen MR) is 73.3 cm³/mol. The van der Waals surface area contributed by atoms with Gasteiger partial charge in [0.15, 0.2) is 0 Å². The van der Waals surface area contributed by atoms with E-state index in [4.69, 9.17) is 0 Å². The molecule has 6 nitrogen and oxygen atoms in total. The molecule has 2 rings (SSSR count). The normalized spacial score (nSPS) is 24.6. The van der Waals surface area contributed by atoms with E-state index in [1.807, 2.05) is 0 Å². The Morgan fingerprint density at radius 1 is 1.58 bits per heavy atom. The maximum absolute atomic E-state index is 12.3. The van der Waals surface area contributed by atoms with E-state index < -0.39 is 10.0 Å². The summed E-state index contributed by atoms with van der Waals surface area (Å²) < 4.78 is 28.8. The standard InChI is InChI=1S/C12H22N4O2S/c1-10-11(7-14-16(10)3)19(17,18)15-9-12(2)5-4-6-13-8-12/h7,13,15H,4-6,8-9H2,1-3H3. The second kappa shape index (κ2) is 5.22. The second-order valence-electron chi connectivity index (χ2n) is 5.63. The maximum Gasteiger partial charge on any atom is 0.243 e. The van der Waals surface area contributed by atoms with Crippen molar-refractivity contribution in [3.63, 3.8) is 0 Å². The number of hydrogen-bond donors (Lipinski definition) is 2. The molecule has 7 heteroatoms. The summed E-state index contributed by atoms with van der Waals surface area (Å²) in [6.07, 6.45) is 3.53. The number of aromatic nitrogens is 2. The van der Waals surface area contributed by atoms with E-state index >= 15 is 0 Å². The van der Waals surface area contributed by atoms with Crippen molar-refractivity contribution in [3.8, 4) is 0 Å². The fourth-order valence-corrected chi connectivity index (χ4v) is 3.76. The first kappa shape index (κ1) is 14.5. The minimum absolute atomic E-state index is 0.0125. The third-order valence-electron chi connectivity index (χ3n) is 3.85. The van der Waals surface area contributed by atoms with Gasteiger partial charge in [-0.05, 0) is 31.7 Å². The van der Waals surface area contributed by atoms with Gasteiger partial charge in [-0.15, -0.1) is 0 Å². The van der Waals surface area contributed by atoms with Gasteiger partial charge in [-0.2, -0.15) is 5.10 Å². The summed E-state index contributed by atoms with van der Waals surface area (Å²) in [6, 6.07) is 0. The van der Waals surface area contributed by atoms with E-state index in [0.29, 0.717) is 12.2 Å². The monoisotopic (exact) mass is 286 g/mol. The molecule has 0 amide bonds. The lowest BCUT2D eigenvalue weighted by molar-refractivity contribution is 0.238. The number of hydrogen-bond acceptors (Lipinski definition) is 4. The molecule has 1 fully saturated rings. The van der Waals surface area contributed by atoms with Gasteiger partial charge >= 0.3 is 0 Å². The van der Waals surface area contributed by atoms with Crippen LogP contribution in [0, 0.1) is 12.3 Å². The highest BCUT2D eigenvalue weighted by molar-refractivity contribution is 7.89. The number of rotatable bonds is 4. The lowest BCUT2D eigenvalue weighted by Gasteiger charge is -2.34. The first-order chi connectivity index (χ1) is 8.84. The molecule has 1 atom stereocenters. The molecule has 1 aliphatic heterocycles. The Bertz CT molecular complexity index is 544. The molecule has 0 bridgehead atoms. The van der Waals surface area contributed by atoms with Crippen LogP contribution in [-0.2, 0) is 17.1 Å². The van der Waals surface area contributed by atoms with Gasteiger partial charge in [0.1, 0.15) is 4.90 Å². The second-order valence-corrected chi connectivity index (χ2v) is 7.37. The minimum atomic E-state index is -3.47. The van der Waals surface area contributed by atoms with E-state index in [1.54, 1.807) is 18.7 Å². The topological polar surface area (TPSA) is 76.0 Å². The highest BCUT2D eigenvalue weighted by atomic mass is 32.2. The Balaban J connectivity index is 2.08. The van der Waals surface area contributed by atoms with Crippen LogP contribution in [0.1, 0.15) is 25.5 Å². The van der Waals surface area contributed by atoms with Crippen LogP contribution in [0.5, 0.6) is 0 Å². The van der Waals surface area contributed by atoms with Gasteiger partial charge < -0.3 is 5.32 Å². The van der Waals surface area contributed by atoms with Crippen LogP contribution in [0.15, 0.2) is 11.1 Å². The Hall–Kier alpha value is -0.920. The summed E-state index contributed by atoms with van der Waals surface area (Å²) in [5, 5.41) is 7.30. The van der Waals surface area contributed by atoms with E-state index in [0.717, 1.165) is 25.9 Å². The number of aryl methyl sites for hydroxylation is 1. The smallest absolute Gasteiger partial charge is 0.243 e. The maximum atomic E-state index is 12.3. The lowest BCUT2D eigenvalue weighted by atomic mass is 9.83. The van der Waals surface area contributed by atoms with E-state index in [1.165, 1.54) is 6.20 Å². The van der Waals surface area contributed by atoms with Crippen LogP contribution in [0.25, 0.3) is 0 Å². The number of piperidine rings is 1. The van der Waals surface area contributed by atoms with Crippen molar-refractivity contribution in [2.24, 2.45) is 12.5 Å². The van der Waals surface area contributed by atoms with E-state index in [2.05, 4.69) is 22.1 Å². The summed E-state index contributed by atoms with van der Waals surface area (Å²) in [7, 11) is -1.73. The Labute approximate surface area is 114 Å². The van der Waals surface area contributed by atoms with Gasteiger partial charge in [0, 0.05) is 20.1 Å². The van der Waals surface area contributed by atoms with Gasteiger partial charge in [0.05, 0.1) is 11.9 Å². The molecular formula is C12H22N4O2S. The van der Waals surface area contributed by atoms with Crippen LogP contribution in [0.4, 0.5) is 0 Å². The molecule has 2 heterocycles. The lowest BCUT2D eigenvalue weighted by Crippen LogP contribution is -2.45. The highest BCUT2D eigenvalue weighted by Gasteiger charge is 2.29. The van der Waals surface area contributed by atoms with Crippen molar-refractivity contribution in [2.75, 3.05) is 19.6 Å². The zero-order chi connectivity index (χ0) is 14.1. The molecular weight excluding hydrogens is 264 g/mol. The van der Waals surface area contributed by atoms with E-state index in [-0.39, 0.29) is 10.3 Å². The molecule has 0 saturated carbocycles. The van der Waals surface area contributed by atoms with Gasteiger partial charge in [-0.25, -0.2) is 13.1 Å². The fourth-order valence-electron chi connectivity index (χ4n) is 2.36. The molecule has 0 radical (unpaired) electrons. The Morgan fingerprint density at radius 3 is 2.84 bits per heavy atom. The van der Waals surface area contributed by atoms with Gasteiger partial charge in [-0.1, -0.05) is 6.92 Å². The van der Waals surface area contributed by atoms with Crippen LogP contribution >= 0.6 is 0 Å². The fraction of sp³-hybridized carbons (Fsp3) is 0.750. The number of sulfonamides is 1. The van der Waals surface area contributed by atoms with Gasteiger partial charge in [0.25, 0.3) is 0 Å². The molecule has 0 aliphatic carbocycles. The first-order valence-corrected chi connectivity index (χ1v) is 8.01. The zero-order valence-electron chi connectivity index (χ0n) is 11.7. The van der Waals surface area contributed by atoms with Crippen molar-refractivity contribution in [1.82, 2.24) is 19.8 Å². The molecule has 2 N–H and O–H groups in total.